The van der Waals surface area contributed by atoms with Crippen molar-refractivity contribution in [3.8, 4) is 0 Å². The Hall–Kier alpha value is -0.900. The molecule has 0 unspecified atom stereocenters. The van der Waals surface area contributed by atoms with Crippen LogP contribution in [0.5, 0.6) is 0 Å². The summed E-state index contributed by atoms with van der Waals surface area (Å²) in [7, 11) is 0. The van der Waals surface area contributed by atoms with Gasteiger partial charge in [-0.25, -0.2) is 4.79 Å². The lowest BCUT2D eigenvalue weighted by molar-refractivity contribution is -0.160. The first kappa shape index (κ1) is 9.10. The van der Waals surface area contributed by atoms with Crippen LogP contribution >= 0.6 is 0 Å². The van der Waals surface area contributed by atoms with Crippen LogP contribution < -0.4 is 5.73 Å². The van der Waals surface area contributed by atoms with Gasteiger partial charge in [0.05, 0.1) is 0 Å². The monoisotopic (exact) mass is 145 g/mol. The Bertz CT molecular complexity index is 142. The number of carbonyl (C=O) groups is 2. The Morgan fingerprint density at radius 3 is 2.40 bits per heavy atom. The molecule has 0 fully saturated rings. The third kappa shape index (κ3) is 3.19. The summed E-state index contributed by atoms with van der Waals surface area (Å²) in [4.78, 5) is 21.0. The highest BCUT2D eigenvalue weighted by Crippen LogP contribution is 1.88. The van der Waals surface area contributed by atoms with Gasteiger partial charge in [-0.15, -0.1) is 0 Å². The van der Waals surface area contributed by atoms with E-state index in [0.29, 0.717) is 0 Å². The maximum Gasteiger partial charge on any atom is 0.330 e. The van der Waals surface area contributed by atoms with Crippen molar-refractivity contribution in [2.45, 2.75) is 26.3 Å². The predicted molar refractivity (Wildman–Crippen MR) is 35.0 cm³/mol. The molecule has 0 aromatic heterocycles. The zero-order chi connectivity index (χ0) is 8.15. The SMILES string of the molecule is CCC(=O)OC(=O)[C@H](C)N. The Balaban J connectivity index is 3.69. The lowest BCUT2D eigenvalue weighted by Gasteiger charge is -2.02. The van der Waals surface area contributed by atoms with E-state index in [9.17, 15) is 9.59 Å². The van der Waals surface area contributed by atoms with Gasteiger partial charge in [-0.2, -0.15) is 0 Å². The molecule has 0 aliphatic rings. The van der Waals surface area contributed by atoms with Gasteiger partial charge < -0.3 is 10.5 Å². The van der Waals surface area contributed by atoms with Crippen LogP contribution in [0.15, 0.2) is 0 Å². The molecule has 0 aliphatic carbocycles. The van der Waals surface area contributed by atoms with E-state index in [2.05, 4.69) is 4.74 Å². The number of hydrogen-bond donors (Lipinski definition) is 1. The fraction of sp³-hybridized carbons (Fsp3) is 0.667. The van der Waals surface area contributed by atoms with Crippen LogP contribution in [0.1, 0.15) is 20.3 Å². The molecule has 0 amide bonds. The number of carbonyl (C=O) groups excluding carboxylic acids is 2. The van der Waals surface area contributed by atoms with Gasteiger partial charge in [0.15, 0.2) is 0 Å². The molecule has 0 radical (unpaired) electrons. The number of esters is 2. The zero-order valence-corrected chi connectivity index (χ0v) is 6.09. The molecule has 0 saturated heterocycles. The van der Waals surface area contributed by atoms with Crippen LogP contribution in [0, 0.1) is 0 Å². The second kappa shape index (κ2) is 4.00. The molecule has 0 rings (SSSR count). The van der Waals surface area contributed by atoms with Crippen molar-refractivity contribution in [3.05, 3.63) is 0 Å². The van der Waals surface area contributed by atoms with Gasteiger partial charge in [0.25, 0.3) is 0 Å². The number of rotatable bonds is 2. The van der Waals surface area contributed by atoms with E-state index in [1.165, 1.54) is 6.92 Å². The largest absolute Gasteiger partial charge is 0.392 e. The van der Waals surface area contributed by atoms with E-state index in [0.717, 1.165) is 0 Å². The maximum atomic E-state index is 10.5. The van der Waals surface area contributed by atoms with Crippen molar-refractivity contribution in [2.24, 2.45) is 5.73 Å². The summed E-state index contributed by atoms with van der Waals surface area (Å²) in [6.07, 6.45) is 0.193. The summed E-state index contributed by atoms with van der Waals surface area (Å²) in [5, 5.41) is 0. The Labute approximate surface area is 59.3 Å². The van der Waals surface area contributed by atoms with Crippen LogP contribution in [0.3, 0.4) is 0 Å². The summed E-state index contributed by atoms with van der Waals surface area (Å²) in [6.45, 7) is 3.07. The smallest absolute Gasteiger partial charge is 0.330 e. The second-order valence-electron chi connectivity index (χ2n) is 1.94. The molecule has 1 atom stereocenters. The quantitative estimate of drug-likeness (QED) is 0.432. The number of hydrogen-bond acceptors (Lipinski definition) is 4. The van der Waals surface area contributed by atoms with Crippen LogP contribution in [0.4, 0.5) is 0 Å². The highest BCUT2D eigenvalue weighted by molar-refractivity contribution is 5.87. The molecule has 58 valence electrons. The van der Waals surface area contributed by atoms with Crippen molar-refractivity contribution in [1.82, 2.24) is 0 Å². The van der Waals surface area contributed by atoms with E-state index in [-0.39, 0.29) is 6.42 Å². The molecule has 4 heteroatoms. The zero-order valence-electron chi connectivity index (χ0n) is 6.09. The lowest BCUT2D eigenvalue weighted by Crippen LogP contribution is -2.30. The molecule has 0 spiro atoms. The topological polar surface area (TPSA) is 69.4 Å². The first-order valence-electron chi connectivity index (χ1n) is 3.08. The molecule has 0 aromatic rings. The summed E-state index contributed by atoms with van der Waals surface area (Å²) in [6, 6.07) is -0.726. The van der Waals surface area contributed by atoms with Gasteiger partial charge in [0.2, 0.25) is 0 Å². The van der Waals surface area contributed by atoms with Crippen molar-refractivity contribution in [1.29, 1.82) is 0 Å². The van der Waals surface area contributed by atoms with E-state index in [4.69, 9.17) is 5.73 Å². The molecular formula is C6H11NO3. The van der Waals surface area contributed by atoms with E-state index in [1.54, 1.807) is 6.92 Å². The summed E-state index contributed by atoms with van der Waals surface area (Å²) in [5.41, 5.74) is 5.11. The third-order valence-corrected chi connectivity index (χ3v) is 0.875. The Kier molecular flexibility index (Phi) is 3.64. The minimum absolute atomic E-state index is 0.193. The average Bonchev–Trinajstić information content (AvgIpc) is 1.87. The van der Waals surface area contributed by atoms with Crippen molar-refractivity contribution in [2.75, 3.05) is 0 Å². The minimum atomic E-state index is -0.726. The van der Waals surface area contributed by atoms with Gasteiger partial charge in [0, 0.05) is 6.42 Å². The van der Waals surface area contributed by atoms with Gasteiger partial charge in [-0.05, 0) is 6.92 Å². The molecule has 2 N–H and O–H groups in total. The van der Waals surface area contributed by atoms with Crippen molar-refractivity contribution < 1.29 is 14.3 Å². The molecule has 0 heterocycles. The van der Waals surface area contributed by atoms with Crippen LogP contribution in [-0.2, 0) is 14.3 Å². The summed E-state index contributed by atoms with van der Waals surface area (Å²) < 4.78 is 4.26. The standard InChI is InChI=1S/C6H11NO3/c1-3-5(8)10-6(9)4(2)7/h4H,3,7H2,1-2H3/t4-/m0/s1. The van der Waals surface area contributed by atoms with Crippen LogP contribution in [0.2, 0.25) is 0 Å². The minimum Gasteiger partial charge on any atom is -0.392 e. The van der Waals surface area contributed by atoms with Crippen molar-refractivity contribution >= 4 is 11.9 Å². The van der Waals surface area contributed by atoms with Gasteiger partial charge in [-0.3, -0.25) is 4.79 Å². The molecule has 0 aliphatic heterocycles. The fourth-order valence-corrected chi connectivity index (χ4v) is 0.277. The highest BCUT2D eigenvalue weighted by atomic mass is 16.6. The fourth-order valence-electron chi connectivity index (χ4n) is 0.277. The first-order chi connectivity index (χ1) is 4.57. The summed E-state index contributed by atoms with van der Waals surface area (Å²) >= 11 is 0. The normalized spacial score (nSPS) is 12.3. The number of nitrogens with two attached hydrogens (primary N) is 1. The second-order valence-corrected chi connectivity index (χ2v) is 1.94. The van der Waals surface area contributed by atoms with Gasteiger partial charge in [-0.1, -0.05) is 6.92 Å². The number of ether oxygens (including phenoxy) is 1. The third-order valence-electron chi connectivity index (χ3n) is 0.875. The van der Waals surface area contributed by atoms with E-state index in [1.807, 2.05) is 0 Å². The van der Waals surface area contributed by atoms with Crippen LogP contribution in [0.25, 0.3) is 0 Å². The van der Waals surface area contributed by atoms with E-state index >= 15 is 0 Å². The maximum absolute atomic E-state index is 10.5. The Morgan fingerprint density at radius 1 is 1.60 bits per heavy atom. The van der Waals surface area contributed by atoms with Crippen LogP contribution in [-0.4, -0.2) is 18.0 Å². The highest BCUT2D eigenvalue weighted by Gasteiger charge is 2.11. The lowest BCUT2D eigenvalue weighted by atomic mass is 10.4. The van der Waals surface area contributed by atoms with Gasteiger partial charge in [0.1, 0.15) is 6.04 Å². The molecule has 10 heavy (non-hydrogen) atoms. The summed E-state index contributed by atoms with van der Waals surface area (Å²) in [5.74, 6) is -1.21. The molecule has 0 aromatic carbocycles. The van der Waals surface area contributed by atoms with E-state index < -0.39 is 18.0 Å². The molecule has 0 saturated carbocycles. The Morgan fingerprint density at radius 2 is 2.10 bits per heavy atom. The van der Waals surface area contributed by atoms with Crippen molar-refractivity contribution in [3.63, 3.8) is 0 Å². The molecule has 0 bridgehead atoms. The molecule has 4 nitrogen and oxygen atoms in total. The first-order valence-corrected chi connectivity index (χ1v) is 3.08. The average molecular weight is 145 g/mol. The predicted octanol–water partition coefficient (Wildman–Crippen LogP) is -0.187. The molecular weight excluding hydrogens is 134 g/mol. The van der Waals surface area contributed by atoms with Gasteiger partial charge >= 0.3 is 11.9 Å².